The van der Waals surface area contributed by atoms with Crippen LogP contribution >= 0.6 is 0 Å². The van der Waals surface area contributed by atoms with E-state index >= 15 is 0 Å². The third kappa shape index (κ3) is 3.66. The Kier molecular flexibility index (Phi) is 4.67. The zero-order valence-electron chi connectivity index (χ0n) is 15.1. The van der Waals surface area contributed by atoms with Crippen LogP contribution in [0.3, 0.4) is 0 Å². The van der Waals surface area contributed by atoms with Crippen LogP contribution in [0.5, 0.6) is 5.75 Å². The molecule has 0 bridgehead atoms. The lowest BCUT2D eigenvalue weighted by Gasteiger charge is -2.07. The summed E-state index contributed by atoms with van der Waals surface area (Å²) >= 11 is 0. The van der Waals surface area contributed by atoms with Crippen molar-refractivity contribution >= 4 is 16.9 Å². The number of fused-ring (bicyclic) bond motifs is 1. The minimum Gasteiger partial charge on any atom is -0.489 e. The van der Waals surface area contributed by atoms with Gasteiger partial charge in [0.2, 0.25) is 0 Å². The highest BCUT2D eigenvalue weighted by atomic mass is 16.5. The number of aromatic nitrogens is 3. The summed E-state index contributed by atoms with van der Waals surface area (Å²) in [7, 11) is 0. The number of aryl methyl sites for hydroxylation is 1. The number of rotatable bonds is 6. The van der Waals surface area contributed by atoms with Crippen LogP contribution in [0.4, 0.5) is 0 Å². The van der Waals surface area contributed by atoms with Crippen LogP contribution in [-0.4, -0.2) is 21.1 Å². The van der Waals surface area contributed by atoms with Crippen LogP contribution in [0.1, 0.15) is 27.5 Å². The maximum absolute atomic E-state index is 12.7. The Balaban J connectivity index is 1.54. The molecule has 142 valence electrons. The molecular formula is C20H18N4O4. The van der Waals surface area contributed by atoms with E-state index in [0.717, 1.165) is 5.56 Å². The van der Waals surface area contributed by atoms with Gasteiger partial charge in [0.25, 0.3) is 5.91 Å². The van der Waals surface area contributed by atoms with Crippen LogP contribution in [0, 0.1) is 6.92 Å². The fraction of sp³-hybridized carbons (Fsp3) is 0.150. The number of ether oxygens (including phenoxy) is 1. The molecule has 0 radical (unpaired) electrons. The zero-order chi connectivity index (χ0) is 19.5. The van der Waals surface area contributed by atoms with Gasteiger partial charge in [-0.3, -0.25) is 9.78 Å². The standard InChI is InChI=1S/C20H18N4O4/c1-12-18(19(25)21-10-17-22-20(26)24-23-17)15-9-14(7-8-16(15)28-12)27-11-13-5-3-2-4-6-13/h2-9H,10-11H2,1H3,(H,21,25)(H2,22,23,24,26). The average molecular weight is 378 g/mol. The van der Waals surface area contributed by atoms with Crippen molar-refractivity contribution in [3.8, 4) is 5.75 Å². The topological polar surface area (TPSA) is 113 Å². The largest absolute Gasteiger partial charge is 0.489 e. The number of hydrogen-bond acceptors (Lipinski definition) is 5. The number of aromatic amines is 2. The first-order chi connectivity index (χ1) is 13.6. The molecule has 0 fully saturated rings. The summed E-state index contributed by atoms with van der Waals surface area (Å²) in [5.41, 5.74) is 1.66. The van der Waals surface area contributed by atoms with Crippen LogP contribution in [-0.2, 0) is 13.2 Å². The quantitative estimate of drug-likeness (QED) is 0.477. The molecule has 2 aromatic carbocycles. The molecule has 8 heteroatoms. The second kappa shape index (κ2) is 7.43. The minimum absolute atomic E-state index is 0.0912. The average Bonchev–Trinajstić information content (AvgIpc) is 3.27. The molecule has 0 atom stereocenters. The van der Waals surface area contributed by atoms with Crippen molar-refractivity contribution in [3.63, 3.8) is 0 Å². The number of furan rings is 1. The Morgan fingerprint density at radius 1 is 1.21 bits per heavy atom. The lowest BCUT2D eigenvalue weighted by Crippen LogP contribution is -2.24. The van der Waals surface area contributed by atoms with E-state index in [1.54, 1.807) is 19.1 Å². The van der Waals surface area contributed by atoms with Crippen LogP contribution in [0.15, 0.2) is 57.7 Å². The number of H-pyrrole nitrogens is 2. The van der Waals surface area contributed by atoms with Crippen LogP contribution < -0.4 is 15.7 Å². The van der Waals surface area contributed by atoms with E-state index < -0.39 is 5.69 Å². The molecular weight excluding hydrogens is 360 g/mol. The van der Waals surface area contributed by atoms with Crippen LogP contribution in [0.25, 0.3) is 11.0 Å². The van der Waals surface area contributed by atoms with Gasteiger partial charge < -0.3 is 14.5 Å². The molecule has 4 aromatic rings. The highest BCUT2D eigenvalue weighted by Crippen LogP contribution is 2.29. The highest BCUT2D eigenvalue weighted by Gasteiger charge is 2.19. The fourth-order valence-corrected chi connectivity index (χ4v) is 2.95. The van der Waals surface area contributed by atoms with Gasteiger partial charge in [-0.15, -0.1) is 0 Å². The molecule has 0 spiro atoms. The van der Waals surface area contributed by atoms with Crippen molar-refractivity contribution in [3.05, 3.63) is 81.7 Å². The molecule has 8 nitrogen and oxygen atoms in total. The van der Waals surface area contributed by atoms with Crippen molar-refractivity contribution in [1.82, 2.24) is 20.5 Å². The zero-order valence-corrected chi connectivity index (χ0v) is 15.1. The van der Waals surface area contributed by atoms with Gasteiger partial charge in [-0.1, -0.05) is 30.3 Å². The van der Waals surface area contributed by atoms with Gasteiger partial charge in [-0.2, -0.15) is 5.10 Å². The first kappa shape index (κ1) is 17.6. The summed E-state index contributed by atoms with van der Waals surface area (Å²) in [6.45, 7) is 2.25. The predicted octanol–water partition coefficient (Wildman–Crippen LogP) is 2.66. The molecule has 4 rings (SSSR count). The number of carbonyl (C=O) groups is 1. The Morgan fingerprint density at radius 2 is 2.04 bits per heavy atom. The lowest BCUT2D eigenvalue weighted by atomic mass is 10.1. The second-order valence-corrected chi connectivity index (χ2v) is 6.27. The van der Waals surface area contributed by atoms with Crippen molar-refractivity contribution < 1.29 is 13.9 Å². The van der Waals surface area contributed by atoms with Crippen molar-refractivity contribution in [2.75, 3.05) is 0 Å². The van der Waals surface area contributed by atoms with E-state index in [0.29, 0.717) is 40.5 Å². The molecule has 28 heavy (non-hydrogen) atoms. The first-order valence-corrected chi connectivity index (χ1v) is 8.72. The van der Waals surface area contributed by atoms with Crippen LogP contribution in [0.2, 0.25) is 0 Å². The van der Waals surface area contributed by atoms with E-state index in [4.69, 9.17) is 9.15 Å². The molecule has 0 aliphatic carbocycles. The summed E-state index contributed by atoms with van der Waals surface area (Å²) in [5, 5.41) is 9.42. The number of carbonyl (C=O) groups excluding carboxylic acids is 1. The van der Waals surface area contributed by atoms with Gasteiger partial charge in [-0.25, -0.2) is 9.89 Å². The van der Waals surface area contributed by atoms with Crippen molar-refractivity contribution in [2.24, 2.45) is 0 Å². The minimum atomic E-state index is -0.422. The Bertz CT molecular complexity index is 1170. The maximum Gasteiger partial charge on any atom is 0.340 e. The van der Waals surface area contributed by atoms with E-state index in [-0.39, 0.29) is 12.5 Å². The number of nitrogens with zero attached hydrogens (tertiary/aromatic N) is 1. The van der Waals surface area contributed by atoms with Gasteiger partial charge >= 0.3 is 5.69 Å². The molecule has 3 N–H and O–H groups in total. The molecule has 0 aliphatic heterocycles. The number of benzene rings is 2. The third-order valence-electron chi connectivity index (χ3n) is 4.28. The number of nitrogens with one attached hydrogen (secondary N) is 3. The number of hydrogen-bond donors (Lipinski definition) is 3. The maximum atomic E-state index is 12.7. The Morgan fingerprint density at radius 3 is 2.79 bits per heavy atom. The molecule has 2 aromatic heterocycles. The molecule has 0 unspecified atom stereocenters. The van der Waals surface area contributed by atoms with Gasteiger partial charge in [-0.05, 0) is 30.7 Å². The van der Waals surface area contributed by atoms with E-state index in [1.807, 2.05) is 36.4 Å². The smallest absolute Gasteiger partial charge is 0.340 e. The summed E-state index contributed by atoms with van der Waals surface area (Å²) in [4.78, 5) is 26.2. The predicted molar refractivity (Wildman–Crippen MR) is 102 cm³/mol. The molecule has 0 saturated heterocycles. The second-order valence-electron chi connectivity index (χ2n) is 6.27. The number of amides is 1. The highest BCUT2D eigenvalue weighted by molar-refractivity contribution is 6.07. The Hall–Kier alpha value is -3.81. The van der Waals surface area contributed by atoms with Crippen molar-refractivity contribution in [2.45, 2.75) is 20.1 Å². The van der Waals surface area contributed by atoms with Gasteiger partial charge in [0.15, 0.2) is 0 Å². The van der Waals surface area contributed by atoms with Crippen molar-refractivity contribution in [1.29, 1.82) is 0 Å². The monoisotopic (exact) mass is 378 g/mol. The summed E-state index contributed by atoms with van der Waals surface area (Å²) in [6, 6.07) is 15.2. The molecule has 0 saturated carbocycles. The Labute approximate surface area is 159 Å². The lowest BCUT2D eigenvalue weighted by molar-refractivity contribution is 0.0950. The van der Waals surface area contributed by atoms with E-state index in [9.17, 15) is 9.59 Å². The fourth-order valence-electron chi connectivity index (χ4n) is 2.95. The summed E-state index contributed by atoms with van der Waals surface area (Å²) < 4.78 is 11.5. The first-order valence-electron chi connectivity index (χ1n) is 8.72. The van der Waals surface area contributed by atoms with Gasteiger partial charge in [0, 0.05) is 5.39 Å². The molecule has 2 heterocycles. The van der Waals surface area contributed by atoms with E-state index in [1.165, 1.54) is 0 Å². The van der Waals surface area contributed by atoms with Gasteiger partial charge in [0.1, 0.15) is 29.5 Å². The summed E-state index contributed by atoms with van der Waals surface area (Å²) in [5.74, 6) is 1.17. The normalized spacial score (nSPS) is 10.9. The summed E-state index contributed by atoms with van der Waals surface area (Å²) in [6.07, 6.45) is 0. The van der Waals surface area contributed by atoms with Gasteiger partial charge in [0.05, 0.1) is 12.1 Å². The third-order valence-corrected chi connectivity index (χ3v) is 4.28. The molecule has 0 aliphatic rings. The molecule has 1 amide bonds. The SMILES string of the molecule is Cc1oc2ccc(OCc3ccccc3)cc2c1C(=O)NCc1n[nH]c(=O)[nH]1. The van der Waals surface area contributed by atoms with E-state index in [2.05, 4.69) is 20.5 Å².